The van der Waals surface area contributed by atoms with Gasteiger partial charge in [0.25, 0.3) is 5.56 Å². The summed E-state index contributed by atoms with van der Waals surface area (Å²) >= 11 is 0. The van der Waals surface area contributed by atoms with E-state index in [-0.39, 0.29) is 12.1 Å². The summed E-state index contributed by atoms with van der Waals surface area (Å²) in [6.45, 7) is 3.90. The Morgan fingerprint density at radius 1 is 1.03 bits per heavy atom. The van der Waals surface area contributed by atoms with E-state index in [2.05, 4.69) is 16.3 Å². The van der Waals surface area contributed by atoms with Crippen LogP contribution in [0.4, 0.5) is 5.95 Å². The van der Waals surface area contributed by atoms with Crippen molar-refractivity contribution in [3.8, 4) is 6.07 Å². The molecule has 0 saturated carbocycles. The minimum atomic E-state index is -0.308. The first-order valence-corrected chi connectivity index (χ1v) is 11.4. The predicted octanol–water partition coefficient (Wildman–Crippen LogP) is 1.81. The van der Waals surface area contributed by atoms with Crippen LogP contribution in [-0.2, 0) is 17.9 Å². The largest absolute Gasteiger partial charge is 0.341 e. The zero-order chi connectivity index (χ0) is 23.5. The van der Waals surface area contributed by atoms with Crippen LogP contribution in [0.1, 0.15) is 23.1 Å². The summed E-state index contributed by atoms with van der Waals surface area (Å²) < 4.78 is 4.55. The molecule has 172 valence electrons. The van der Waals surface area contributed by atoms with Crippen LogP contribution in [0.2, 0.25) is 0 Å². The van der Waals surface area contributed by atoms with Gasteiger partial charge in [0, 0.05) is 19.6 Å². The first-order valence-electron chi connectivity index (χ1n) is 11.4. The molecular formula is C25H25N7O2. The average molecular weight is 456 g/mol. The number of hydrogen-bond donors (Lipinski definition) is 1. The molecule has 0 atom stereocenters. The van der Waals surface area contributed by atoms with Gasteiger partial charge in [-0.1, -0.05) is 48.5 Å². The summed E-state index contributed by atoms with van der Waals surface area (Å²) in [5.74, 6) is 0.690. The van der Waals surface area contributed by atoms with Gasteiger partial charge in [-0.3, -0.25) is 14.2 Å². The standard InChI is InChI=1S/C25H25N7O2/c26-15-20-9-4-5-10-21(20)17-31-24(34)22-23(32(31)18-33)28-25(29-13-6-11-27-12-14-29)30(22)16-19-7-2-1-3-8-19/h1-5,7-10,18,27H,6,11-14,16-17H2. The molecule has 9 nitrogen and oxygen atoms in total. The van der Waals surface area contributed by atoms with E-state index in [4.69, 9.17) is 4.98 Å². The number of carbonyl (C=O) groups is 1. The van der Waals surface area contributed by atoms with Crippen molar-refractivity contribution in [1.29, 1.82) is 5.26 Å². The summed E-state index contributed by atoms with van der Waals surface area (Å²) in [7, 11) is 0. The molecule has 2 aromatic heterocycles. The van der Waals surface area contributed by atoms with E-state index in [1.54, 1.807) is 18.2 Å². The van der Waals surface area contributed by atoms with Gasteiger partial charge < -0.3 is 10.2 Å². The molecule has 4 aromatic rings. The van der Waals surface area contributed by atoms with Gasteiger partial charge in [0.2, 0.25) is 12.4 Å². The Morgan fingerprint density at radius 3 is 2.62 bits per heavy atom. The highest BCUT2D eigenvalue weighted by Gasteiger charge is 2.26. The van der Waals surface area contributed by atoms with E-state index in [1.165, 1.54) is 9.36 Å². The van der Waals surface area contributed by atoms with Crippen molar-refractivity contribution in [3.05, 3.63) is 81.6 Å². The lowest BCUT2D eigenvalue weighted by atomic mass is 10.1. The molecule has 1 aliphatic rings. The smallest absolute Gasteiger partial charge is 0.293 e. The predicted molar refractivity (Wildman–Crippen MR) is 130 cm³/mol. The Morgan fingerprint density at radius 2 is 1.82 bits per heavy atom. The van der Waals surface area contributed by atoms with E-state index < -0.39 is 0 Å². The molecule has 0 aliphatic carbocycles. The van der Waals surface area contributed by atoms with E-state index in [0.717, 1.165) is 38.2 Å². The first-order chi connectivity index (χ1) is 16.7. The molecule has 0 amide bonds. The van der Waals surface area contributed by atoms with Crippen LogP contribution in [0, 0.1) is 11.3 Å². The average Bonchev–Trinajstić information content (AvgIpc) is 3.19. The molecule has 9 heteroatoms. The zero-order valence-corrected chi connectivity index (χ0v) is 18.7. The number of nitrogens with zero attached hydrogens (tertiary/aromatic N) is 6. The third kappa shape index (κ3) is 3.89. The van der Waals surface area contributed by atoms with Gasteiger partial charge in [0.15, 0.2) is 11.2 Å². The Balaban J connectivity index is 1.68. The topological polar surface area (TPSA) is 101 Å². The summed E-state index contributed by atoms with van der Waals surface area (Å²) in [4.78, 5) is 32.9. The third-order valence-corrected chi connectivity index (χ3v) is 6.21. The molecule has 1 saturated heterocycles. The Kier molecular flexibility index (Phi) is 5.97. The van der Waals surface area contributed by atoms with Crippen LogP contribution in [0.15, 0.2) is 59.4 Å². The maximum atomic E-state index is 13.7. The van der Waals surface area contributed by atoms with Crippen LogP contribution < -0.4 is 15.8 Å². The number of benzene rings is 2. The molecule has 3 heterocycles. The number of imidazole rings is 1. The summed E-state index contributed by atoms with van der Waals surface area (Å²) in [5.41, 5.74) is 2.59. The SMILES string of the molecule is N#Cc1ccccc1Cn1c(=O)c2c(nc(N3CCCNCC3)n2Cc2ccccc2)n1C=O. The molecule has 1 fully saturated rings. The van der Waals surface area contributed by atoms with Gasteiger partial charge in [0.1, 0.15) is 0 Å². The lowest BCUT2D eigenvalue weighted by Gasteiger charge is -2.22. The van der Waals surface area contributed by atoms with E-state index in [1.807, 2.05) is 41.0 Å². The van der Waals surface area contributed by atoms with Crippen molar-refractivity contribution in [3.63, 3.8) is 0 Å². The second-order valence-electron chi connectivity index (χ2n) is 8.33. The number of hydrogen-bond acceptors (Lipinski definition) is 6. The summed E-state index contributed by atoms with van der Waals surface area (Å²) in [6, 6.07) is 19.1. The first kappa shape index (κ1) is 21.7. The molecule has 0 spiro atoms. The van der Waals surface area contributed by atoms with Crippen molar-refractivity contribution >= 4 is 23.5 Å². The number of fused-ring (bicyclic) bond motifs is 1. The number of nitriles is 1. The maximum Gasteiger partial charge on any atom is 0.293 e. The van der Waals surface area contributed by atoms with Crippen molar-refractivity contribution in [2.45, 2.75) is 19.5 Å². The van der Waals surface area contributed by atoms with Crippen LogP contribution in [0.3, 0.4) is 0 Å². The number of nitrogens with one attached hydrogen (secondary N) is 1. The molecule has 1 N–H and O–H groups in total. The fraction of sp³-hybridized carbons (Fsp3) is 0.280. The van der Waals surface area contributed by atoms with Crippen molar-refractivity contribution in [1.82, 2.24) is 24.2 Å². The van der Waals surface area contributed by atoms with Gasteiger partial charge in [-0.15, -0.1) is 0 Å². The second-order valence-corrected chi connectivity index (χ2v) is 8.33. The summed E-state index contributed by atoms with van der Waals surface area (Å²) in [5, 5.41) is 12.9. The van der Waals surface area contributed by atoms with Crippen molar-refractivity contribution in [2.24, 2.45) is 0 Å². The minimum absolute atomic E-state index is 0.103. The lowest BCUT2D eigenvalue weighted by Crippen LogP contribution is -2.31. The Hall–Kier alpha value is -4.16. The zero-order valence-electron chi connectivity index (χ0n) is 18.7. The number of anilines is 1. The quantitative estimate of drug-likeness (QED) is 0.445. The molecule has 1 aliphatic heterocycles. The fourth-order valence-electron chi connectivity index (χ4n) is 4.52. The monoisotopic (exact) mass is 455 g/mol. The van der Waals surface area contributed by atoms with Crippen LogP contribution in [0.5, 0.6) is 0 Å². The maximum absolute atomic E-state index is 13.7. The highest BCUT2D eigenvalue weighted by Crippen LogP contribution is 2.24. The summed E-state index contributed by atoms with van der Waals surface area (Å²) in [6.07, 6.45) is 1.58. The van der Waals surface area contributed by atoms with E-state index in [9.17, 15) is 14.9 Å². The van der Waals surface area contributed by atoms with Gasteiger partial charge >= 0.3 is 0 Å². The van der Waals surface area contributed by atoms with Gasteiger partial charge in [-0.2, -0.15) is 14.9 Å². The van der Waals surface area contributed by atoms with Crippen LogP contribution in [0.25, 0.3) is 11.2 Å². The highest BCUT2D eigenvalue weighted by atomic mass is 16.2. The number of aromatic nitrogens is 4. The molecule has 2 aromatic carbocycles. The normalized spacial score (nSPS) is 14.1. The van der Waals surface area contributed by atoms with E-state index >= 15 is 0 Å². The Labute approximate surface area is 196 Å². The van der Waals surface area contributed by atoms with Crippen molar-refractivity contribution < 1.29 is 4.79 Å². The molecule has 34 heavy (non-hydrogen) atoms. The van der Waals surface area contributed by atoms with Gasteiger partial charge in [0.05, 0.1) is 24.7 Å². The molecule has 0 bridgehead atoms. The van der Waals surface area contributed by atoms with E-state index in [0.29, 0.717) is 41.2 Å². The highest BCUT2D eigenvalue weighted by molar-refractivity contribution is 5.81. The Bertz CT molecular complexity index is 1420. The van der Waals surface area contributed by atoms with Crippen LogP contribution >= 0.6 is 0 Å². The van der Waals surface area contributed by atoms with Crippen molar-refractivity contribution in [2.75, 3.05) is 31.1 Å². The van der Waals surface area contributed by atoms with Crippen LogP contribution in [-0.4, -0.2) is 51.5 Å². The lowest BCUT2D eigenvalue weighted by molar-refractivity contribution is 0.514. The van der Waals surface area contributed by atoms with Gasteiger partial charge in [-0.05, 0) is 30.2 Å². The minimum Gasteiger partial charge on any atom is -0.341 e. The fourth-order valence-corrected chi connectivity index (χ4v) is 4.52. The third-order valence-electron chi connectivity index (χ3n) is 6.21. The molecule has 0 radical (unpaired) electrons. The number of rotatable bonds is 6. The molecule has 0 unspecified atom stereocenters. The van der Waals surface area contributed by atoms with Gasteiger partial charge in [-0.25, -0.2) is 4.68 Å². The molecular weight excluding hydrogens is 430 g/mol. The molecule has 5 rings (SSSR count). The second kappa shape index (κ2) is 9.37. The number of carbonyl (C=O) groups excluding carboxylic acids is 1.